The van der Waals surface area contributed by atoms with Crippen LogP contribution in [0.1, 0.15) is 17.5 Å². The molecule has 1 N–H and O–H groups in total. The van der Waals surface area contributed by atoms with Crippen molar-refractivity contribution in [3.8, 4) is 10.6 Å². The summed E-state index contributed by atoms with van der Waals surface area (Å²) in [5.74, 6) is 0.356. The predicted octanol–water partition coefficient (Wildman–Crippen LogP) is 3.53. The van der Waals surface area contributed by atoms with Gasteiger partial charge in [-0.1, -0.05) is 36.4 Å². The molecule has 2 aliphatic rings. The number of hydrogen-bond acceptors (Lipinski definition) is 6. The van der Waals surface area contributed by atoms with E-state index in [-0.39, 0.29) is 11.9 Å². The lowest BCUT2D eigenvalue weighted by atomic mass is 9.97. The number of nitrogens with zero attached hydrogens (tertiary/aromatic N) is 3. The van der Waals surface area contributed by atoms with E-state index < -0.39 is 0 Å². The van der Waals surface area contributed by atoms with Crippen LogP contribution in [0.4, 0.5) is 0 Å². The molecule has 184 valence electrons. The number of carbonyl (C=O) groups is 1. The lowest BCUT2D eigenvalue weighted by molar-refractivity contribution is -0.116. The van der Waals surface area contributed by atoms with Crippen molar-refractivity contribution in [1.82, 2.24) is 20.0 Å². The molecule has 35 heavy (non-hydrogen) atoms. The van der Waals surface area contributed by atoms with E-state index in [9.17, 15) is 4.79 Å². The first-order chi connectivity index (χ1) is 17.3. The second-order valence-electron chi connectivity index (χ2n) is 9.01. The Bertz CT molecular complexity index is 1100. The molecule has 0 radical (unpaired) electrons. The normalized spacial score (nSPS) is 19.8. The molecule has 1 aromatic carbocycles. The van der Waals surface area contributed by atoms with Gasteiger partial charge in [0, 0.05) is 56.0 Å². The molecule has 5 rings (SSSR count). The van der Waals surface area contributed by atoms with Gasteiger partial charge in [-0.05, 0) is 29.5 Å². The topological polar surface area (TPSA) is 68.6 Å². The Kier molecular flexibility index (Phi) is 8.05. The van der Waals surface area contributed by atoms with Gasteiger partial charge in [0.2, 0.25) is 5.91 Å². The van der Waals surface area contributed by atoms with E-state index in [1.165, 1.54) is 5.56 Å². The maximum atomic E-state index is 12.8. The van der Waals surface area contributed by atoms with Crippen LogP contribution in [0.15, 0.2) is 60.1 Å². The number of benzene rings is 1. The smallest absolute Gasteiger partial charge is 0.244 e. The SMILES string of the molecule is O=C(/C=C/c1cn(Cc2ccccc2)nc1-c1cccs1)NCC(C1CCOC1)N1CCOCC1. The minimum absolute atomic E-state index is 0.0879. The third-order valence-corrected chi connectivity index (χ3v) is 7.53. The highest BCUT2D eigenvalue weighted by atomic mass is 32.1. The van der Waals surface area contributed by atoms with Gasteiger partial charge < -0.3 is 14.8 Å². The molecular formula is C27H32N4O3S. The minimum Gasteiger partial charge on any atom is -0.381 e. The van der Waals surface area contributed by atoms with Crippen molar-refractivity contribution in [3.05, 3.63) is 71.2 Å². The molecule has 0 aliphatic carbocycles. The number of aromatic nitrogens is 2. The van der Waals surface area contributed by atoms with Crippen LogP contribution >= 0.6 is 11.3 Å². The van der Waals surface area contributed by atoms with Gasteiger partial charge >= 0.3 is 0 Å². The summed E-state index contributed by atoms with van der Waals surface area (Å²) < 4.78 is 13.1. The van der Waals surface area contributed by atoms with Crippen molar-refractivity contribution in [2.75, 3.05) is 46.1 Å². The standard InChI is InChI=1S/C27H32N4O3S/c32-26(28-17-24(23-10-13-34-20-23)30-11-14-33-15-12-30)9-8-22-19-31(18-21-5-2-1-3-6-21)29-27(22)25-7-4-16-35-25/h1-9,16,19,23-24H,10-15,17-18,20H2,(H,28,32)/b9-8+. The first kappa shape index (κ1) is 23.9. The van der Waals surface area contributed by atoms with Crippen molar-refractivity contribution < 1.29 is 14.3 Å². The molecule has 2 aliphatic heterocycles. The van der Waals surface area contributed by atoms with Crippen LogP contribution in [0.2, 0.25) is 0 Å². The summed E-state index contributed by atoms with van der Waals surface area (Å²) >= 11 is 1.65. The van der Waals surface area contributed by atoms with Crippen LogP contribution < -0.4 is 5.32 Å². The van der Waals surface area contributed by atoms with Crippen molar-refractivity contribution in [2.45, 2.75) is 19.0 Å². The summed E-state index contributed by atoms with van der Waals surface area (Å²) in [4.78, 5) is 16.3. The summed E-state index contributed by atoms with van der Waals surface area (Å²) in [7, 11) is 0. The van der Waals surface area contributed by atoms with E-state index in [1.54, 1.807) is 17.4 Å². The Morgan fingerprint density at radius 2 is 2.00 bits per heavy atom. The fraction of sp³-hybridized carbons (Fsp3) is 0.407. The molecule has 0 saturated carbocycles. The molecule has 2 aromatic heterocycles. The Morgan fingerprint density at radius 3 is 2.74 bits per heavy atom. The summed E-state index contributed by atoms with van der Waals surface area (Å²) in [5, 5.41) is 10.0. The number of rotatable bonds is 9. The molecular weight excluding hydrogens is 460 g/mol. The number of thiophene rings is 1. The average Bonchev–Trinajstić information content (AvgIpc) is 3.67. The third-order valence-electron chi connectivity index (χ3n) is 6.66. The van der Waals surface area contributed by atoms with E-state index in [2.05, 4.69) is 28.4 Å². The first-order valence-corrected chi connectivity index (χ1v) is 13.1. The highest BCUT2D eigenvalue weighted by Gasteiger charge is 2.31. The average molecular weight is 493 g/mol. The molecule has 2 saturated heterocycles. The van der Waals surface area contributed by atoms with Gasteiger partial charge in [0.15, 0.2) is 0 Å². The molecule has 0 bridgehead atoms. The monoisotopic (exact) mass is 492 g/mol. The van der Waals surface area contributed by atoms with E-state index in [0.717, 1.165) is 62.1 Å². The number of carbonyl (C=O) groups excluding carboxylic acids is 1. The highest BCUT2D eigenvalue weighted by molar-refractivity contribution is 7.13. The Morgan fingerprint density at radius 1 is 1.14 bits per heavy atom. The van der Waals surface area contributed by atoms with Crippen LogP contribution in [0.5, 0.6) is 0 Å². The number of morpholine rings is 1. The minimum atomic E-state index is -0.0879. The molecule has 3 aromatic rings. The Hall–Kier alpha value is -2.78. The van der Waals surface area contributed by atoms with Crippen molar-refractivity contribution >= 4 is 23.3 Å². The summed E-state index contributed by atoms with van der Waals surface area (Å²) in [6.07, 6.45) is 6.56. The zero-order valence-electron chi connectivity index (χ0n) is 19.8. The maximum absolute atomic E-state index is 12.8. The van der Waals surface area contributed by atoms with E-state index >= 15 is 0 Å². The molecule has 7 nitrogen and oxygen atoms in total. The summed E-state index contributed by atoms with van der Waals surface area (Å²) in [6.45, 7) is 6.16. The van der Waals surface area contributed by atoms with E-state index in [0.29, 0.717) is 19.0 Å². The molecule has 4 heterocycles. The van der Waals surface area contributed by atoms with Gasteiger partial charge in [-0.2, -0.15) is 5.10 Å². The van der Waals surface area contributed by atoms with Gasteiger partial charge in [0.1, 0.15) is 5.69 Å². The fourth-order valence-corrected chi connectivity index (χ4v) is 5.54. The third kappa shape index (κ3) is 6.27. The molecule has 8 heteroatoms. The van der Waals surface area contributed by atoms with Gasteiger partial charge in [-0.15, -0.1) is 11.3 Å². The predicted molar refractivity (Wildman–Crippen MR) is 138 cm³/mol. The van der Waals surface area contributed by atoms with Crippen LogP contribution in [0, 0.1) is 5.92 Å². The molecule has 2 atom stereocenters. The number of amides is 1. The largest absolute Gasteiger partial charge is 0.381 e. The van der Waals surface area contributed by atoms with Gasteiger partial charge in [-0.3, -0.25) is 14.4 Å². The van der Waals surface area contributed by atoms with Crippen LogP contribution in [0.25, 0.3) is 16.6 Å². The summed E-state index contributed by atoms with van der Waals surface area (Å²) in [5.41, 5.74) is 3.02. The number of nitrogens with one attached hydrogen (secondary N) is 1. The first-order valence-electron chi connectivity index (χ1n) is 12.3. The number of ether oxygens (including phenoxy) is 2. The van der Waals surface area contributed by atoms with Gasteiger partial charge in [0.05, 0.1) is 31.2 Å². The van der Waals surface area contributed by atoms with E-state index in [1.807, 2.05) is 46.6 Å². The number of hydrogen-bond donors (Lipinski definition) is 1. The highest BCUT2D eigenvalue weighted by Crippen LogP contribution is 2.28. The van der Waals surface area contributed by atoms with Crippen LogP contribution in [-0.2, 0) is 20.8 Å². The van der Waals surface area contributed by atoms with Gasteiger partial charge in [0.25, 0.3) is 0 Å². The molecule has 0 spiro atoms. The lowest BCUT2D eigenvalue weighted by Gasteiger charge is -2.37. The van der Waals surface area contributed by atoms with E-state index in [4.69, 9.17) is 14.6 Å². The molecule has 1 amide bonds. The quantitative estimate of drug-likeness (QED) is 0.463. The molecule has 2 fully saturated rings. The Balaban J connectivity index is 1.26. The zero-order valence-corrected chi connectivity index (χ0v) is 20.7. The molecule has 2 unspecified atom stereocenters. The van der Waals surface area contributed by atoms with Crippen LogP contribution in [-0.4, -0.2) is 72.7 Å². The van der Waals surface area contributed by atoms with Crippen molar-refractivity contribution in [2.24, 2.45) is 5.92 Å². The van der Waals surface area contributed by atoms with Gasteiger partial charge in [-0.25, -0.2) is 0 Å². The van der Waals surface area contributed by atoms with Crippen molar-refractivity contribution in [1.29, 1.82) is 0 Å². The second-order valence-corrected chi connectivity index (χ2v) is 9.96. The summed E-state index contributed by atoms with van der Waals surface area (Å²) in [6, 6.07) is 14.6. The van der Waals surface area contributed by atoms with Crippen molar-refractivity contribution in [3.63, 3.8) is 0 Å². The second kappa shape index (κ2) is 11.8. The van der Waals surface area contributed by atoms with Crippen LogP contribution in [0.3, 0.4) is 0 Å². The maximum Gasteiger partial charge on any atom is 0.244 e. The lowest BCUT2D eigenvalue weighted by Crippen LogP contribution is -2.52. The zero-order chi connectivity index (χ0) is 23.9. The fourth-order valence-electron chi connectivity index (χ4n) is 4.80. The Labute approximate surface area is 210 Å².